The maximum atomic E-state index is 9.66. The minimum Gasteiger partial charge on any atom is -0.392 e. The van der Waals surface area contributed by atoms with Gasteiger partial charge in [-0.1, -0.05) is 12.0 Å². The van der Waals surface area contributed by atoms with Gasteiger partial charge in [0, 0.05) is 0 Å². The van der Waals surface area contributed by atoms with E-state index in [1.54, 1.807) is 0 Å². The summed E-state index contributed by atoms with van der Waals surface area (Å²) in [5.74, 6) is 14.1. The molecule has 12 heavy (non-hydrogen) atoms. The number of aliphatic hydroxyl groups excluding tert-OH is 1. The summed E-state index contributed by atoms with van der Waals surface area (Å²) in [7, 11) is 0. The van der Waals surface area contributed by atoms with E-state index in [2.05, 4.69) is 35.5 Å². The Bertz CT molecular complexity index is 331. The Morgan fingerprint density at radius 1 is 1.08 bits per heavy atom. The van der Waals surface area contributed by atoms with Crippen molar-refractivity contribution in [2.75, 3.05) is 6.61 Å². The van der Waals surface area contributed by atoms with Gasteiger partial charge in [0.25, 0.3) is 0 Å². The molecule has 0 radical (unpaired) electrons. The lowest BCUT2D eigenvalue weighted by Crippen LogP contribution is -1.67. The van der Waals surface area contributed by atoms with Crippen molar-refractivity contribution in [3.8, 4) is 35.5 Å². The van der Waals surface area contributed by atoms with Crippen LogP contribution >= 0.6 is 0 Å². The smallest absolute Gasteiger partial charge is 0.193 e. The lowest BCUT2D eigenvalue weighted by atomic mass is 10.5. The van der Waals surface area contributed by atoms with Crippen LogP contribution in [0.1, 0.15) is 0 Å². The Kier molecular flexibility index (Phi) is 7.58. The Balaban J connectivity index is 3.89. The molecule has 0 aromatic carbocycles. The average Bonchev–Trinajstić information content (AvgIpc) is 2.10. The van der Waals surface area contributed by atoms with E-state index in [1.807, 2.05) is 0 Å². The normalized spacial score (nSPS) is 6.75. The van der Waals surface area contributed by atoms with Crippen LogP contribution in [-0.2, 0) is 4.79 Å². The average molecular weight is 158 g/mol. The van der Waals surface area contributed by atoms with Gasteiger partial charge in [-0.15, -0.1) is 0 Å². The van der Waals surface area contributed by atoms with Gasteiger partial charge in [0.15, 0.2) is 6.29 Å². The van der Waals surface area contributed by atoms with E-state index >= 15 is 0 Å². The molecule has 0 aliphatic heterocycles. The van der Waals surface area contributed by atoms with Gasteiger partial charge < -0.3 is 5.11 Å². The number of rotatable bonds is 1. The van der Waals surface area contributed by atoms with Crippen LogP contribution in [0.5, 0.6) is 0 Å². The molecule has 0 atom stereocenters. The minimum absolute atomic E-state index is 0.0347. The van der Waals surface area contributed by atoms with E-state index < -0.39 is 0 Å². The van der Waals surface area contributed by atoms with Crippen LogP contribution in [0.4, 0.5) is 0 Å². The largest absolute Gasteiger partial charge is 0.392 e. The zero-order valence-corrected chi connectivity index (χ0v) is 6.29. The third-order valence-corrected chi connectivity index (χ3v) is 0.697. The van der Waals surface area contributed by atoms with E-state index in [-0.39, 0.29) is 6.61 Å². The highest BCUT2D eigenvalue weighted by molar-refractivity contribution is 5.73. The predicted octanol–water partition coefficient (Wildman–Crippen LogP) is -0.256. The molecule has 0 spiro atoms. The maximum absolute atomic E-state index is 9.66. The summed E-state index contributed by atoms with van der Waals surface area (Å²) >= 11 is 0. The molecule has 0 fully saturated rings. The van der Waals surface area contributed by atoms with Crippen molar-refractivity contribution in [1.82, 2.24) is 0 Å². The first kappa shape index (κ1) is 10.0. The second kappa shape index (κ2) is 9.05. The summed E-state index contributed by atoms with van der Waals surface area (Å²) in [6.45, 7) is -0.0347. The van der Waals surface area contributed by atoms with Crippen LogP contribution in [-0.4, -0.2) is 18.0 Å². The molecule has 0 saturated carbocycles. The molecule has 0 bridgehead atoms. The number of hydrogen-bond donors (Lipinski definition) is 1. The van der Waals surface area contributed by atoms with Crippen molar-refractivity contribution in [2.24, 2.45) is 0 Å². The molecule has 0 rings (SSSR count). The molecule has 58 valence electrons. The molecule has 2 heteroatoms. The van der Waals surface area contributed by atoms with Gasteiger partial charge in [-0.25, -0.2) is 0 Å². The molecule has 0 amide bonds. The fraction of sp³-hybridized carbons (Fsp3) is 0.100. The van der Waals surface area contributed by atoms with Gasteiger partial charge in [-0.05, 0) is 35.7 Å². The first-order chi connectivity index (χ1) is 5.91. The summed E-state index contributed by atoms with van der Waals surface area (Å²) in [5, 5.41) is 8.29. The van der Waals surface area contributed by atoms with Crippen LogP contribution in [0.25, 0.3) is 0 Å². The Morgan fingerprint density at radius 3 is 2.33 bits per heavy atom. The van der Waals surface area contributed by atoms with Crippen LogP contribution in [0.15, 0.2) is 12.2 Å². The van der Waals surface area contributed by atoms with Gasteiger partial charge in [0.1, 0.15) is 0 Å². The van der Waals surface area contributed by atoms with E-state index in [4.69, 9.17) is 5.11 Å². The van der Waals surface area contributed by atoms with Gasteiger partial charge in [0.05, 0.1) is 6.61 Å². The monoisotopic (exact) mass is 158 g/mol. The number of aliphatic hydroxyl groups is 1. The van der Waals surface area contributed by atoms with E-state index in [1.165, 1.54) is 12.2 Å². The van der Waals surface area contributed by atoms with Crippen molar-refractivity contribution in [1.29, 1.82) is 0 Å². The van der Waals surface area contributed by atoms with Crippen molar-refractivity contribution in [2.45, 2.75) is 0 Å². The predicted molar refractivity (Wildman–Crippen MR) is 45.6 cm³/mol. The van der Waals surface area contributed by atoms with Gasteiger partial charge in [0.2, 0.25) is 0 Å². The molecule has 0 aliphatic rings. The molecular formula is C10H6O2. The van der Waals surface area contributed by atoms with Gasteiger partial charge >= 0.3 is 0 Å². The zero-order chi connectivity index (χ0) is 9.07. The number of carbonyl (C=O) groups excluding carboxylic acids is 1. The van der Waals surface area contributed by atoms with Crippen molar-refractivity contribution in [3.63, 3.8) is 0 Å². The molecule has 0 heterocycles. The van der Waals surface area contributed by atoms with Crippen molar-refractivity contribution in [3.05, 3.63) is 12.2 Å². The van der Waals surface area contributed by atoms with Crippen LogP contribution in [0.3, 0.4) is 0 Å². The van der Waals surface area contributed by atoms with E-state index in [9.17, 15) is 4.79 Å². The Morgan fingerprint density at radius 2 is 1.75 bits per heavy atom. The standard InChI is InChI=1S/C10H6O2/c11-9-7-5-3-1-2-4-6-8-10-12/h5,7,10-11H,9H2/b7-5+. The molecule has 1 N–H and O–H groups in total. The molecule has 0 aliphatic carbocycles. The summed E-state index contributed by atoms with van der Waals surface area (Å²) < 4.78 is 0. The van der Waals surface area contributed by atoms with Gasteiger partial charge in [-0.2, -0.15) is 0 Å². The quantitative estimate of drug-likeness (QED) is 0.422. The minimum atomic E-state index is -0.0347. The van der Waals surface area contributed by atoms with Crippen LogP contribution in [0, 0.1) is 35.5 Å². The molecular weight excluding hydrogens is 152 g/mol. The summed E-state index contributed by atoms with van der Waals surface area (Å²) in [6.07, 6.45) is 3.45. The van der Waals surface area contributed by atoms with Gasteiger partial charge in [-0.3, -0.25) is 4.79 Å². The third kappa shape index (κ3) is 8.05. The summed E-state index contributed by atoms with van der Waals surface area (Å²) in [4.78, 5) is 9.66. The molecule has 0 aromatic rings. The molecule has 0 unspecified atom stereocenters. The second-order valence-electron chi connectivity index (χ2n) is 1.49. The zero-order valence-electron chi connectivity index (χ0n) is 6.29. The highest BCUT2D eigenvalue weighted by Crippen LogP contribution is 1.65. The number of aldehydes is 1. The Labute approximate surface area is 71.3 Å². The van der Waals surface area contributed by atoms with Crippen molar-refractivity contribution < 1.29 is 9.90 Å². The molecule has 0 saturated heterocycles. The first-order valence-corrected chi connectivity index (χ1v) is 3.12. The maximum Gasteiger partial charge on any atom is 0.193 e. The number of hydrogen-bond acceptors (Lipinski definition) is 2. The Hall–Kier alpha value is -1.95. The third-order valence-electron chi connectivity index (χ3n) is 0.697. The topological polar surface area (TPSA) is 37.3 Å². The van der Waals surface area contributed by atoms with E-state index in [0.29, 0.717) is 6.29 Å². The molecule has 2 nitrogen and oxygen atoms in total. The van der Waals surface area contributed by atoms with Crippen LogP contribution < -0.4 is 0 Å². The first-order valence-electron chi connectivity index (χ1n) is 3.12. The van der Waals surface area contributed by atoms with Crippen molar-refractivity contribution >= 4 is 6.29 Å². The highest BCUT2D eigenvalue weighted by atomic mass is 16.2. The second-order valence-corrected chi connectivity index (χ2v) is 1.49. The fourth-order valence-corrected chi connectivity index (χ4v) is 0.317. The van der Waals surface area contributed by atoms with Crippen LogP contribution in [0.2, 0.25) is 0 Å². The van der Waals surface area contributed by atoms with E-state index in [0.717, 1.165) is 0 Å². The lowest BCUT2D eigenvalue weighted by Gasteiger charge is -1.67. The number of carbonyl (C=O) groups is 1. The lowest BCUT2D eigenvalue weighted by molar-refractivity contribution is -0.103. The summed E-state index contributed by atoms with van der Waals surface area (Å²) in [5.41, 5.74) is 0. The highest BCUT2D eigenvalue weighted by Gasteiger charge is 1.60. The number of allylic oxidation sites excluding steroid dienone is 1. The SMILES string of the molecule is O=CC#CC#CC#C/C=C/CO. The molecule has 0 aromatic heterocycles. The fourth-order valence-electron chi connectivity index (χ4n) is 0.317. The summed E-state index contributed by atoms with van der Waals surface area (Å²) in [6, 6.07) is 0.